The van der Waals surface area contributed by atoms with Gasteiger partial charge in [-0.25, -0.2) is 0 Å². The lowest BCUT2D eigenvalue weighted by molar-refractivity contribution is -0.115. The van der Waals surface area contributed by atoms with Crippen molar-refractivity contribution in [3.8, 4) is 0 Å². The molecule has 3 rings (SSSR count). The highest BCUT2D eigenvalue weighted by atomic mass is 16.1. The van der Waals surface area contributed by atoms with E-state index < -0.39 is 0 Å². The quantitative estimate of drug-likeness (QED) is 0.622. The molecule has 1 aliphatic carbocycles. The van der Waals surface area contributed by atoms with Crippen molar-refractivity contribution in [3.63, 3.8) is 0 Å². The van der Waals surface area contributed by atoms with Crippen LogP contribution in [0.3, 0.4) is 0 Å². The summed E-state index contributed by atoms with van der Waals surface area (Å²) >= 11 is 0. The van der Waals surface area contributed by atoms with Crippen molar-refractivity contribution in [3.05, 3.63) is 23.5 Å². The summed E-state index contributed by atoms with van der Waals surface area (Å²) in [7, 11) is 0. The number of carbonyl (C=O) groups is 1. The van der Waals surface area contributed by atoms with E-state index in [1.54, 1.807) is 0 Å². The second kappa shape index (κ2) is 3.76. The summed E-state index contributed by atoms with van der Waals surface area (Å²) in [4.78, 5) is 13.8. The first kappa shape index (κ1) is 10.1. The fourth-order valence-electron chi connectivity index (χ4n) is 3.31. The van der Waals surface area contributed by atoms with E-state index in [1.807, 2.05) is 6.08 Å². The van der Waals surface area contributed by atoms with Crippen molar-refractivity contribution in [2.24, 2.45) is 11.8 Å². The first-order chi connectivity index (χ1) is 7.74. The van der Waals surface area contributed by atoms with Gasteiger partial charge in [0.1, 0.15) is 0 Å². The van der Waals surface area contributed by atoms with Gasteiger partial charge in [0, 0.05) is 30.4 Å². The fourth-order valence-corrected chi connectivity index (χ4v) is 3.31. The minimum Gasteiger partial charge on any atom is -0.348 e. The van der Waals surface area contributed by atoms with Crippen LogP contribution in [-0.4, -0.2) is 17.2 Å². The SMILES string of the molecule is CC1CC=C2C(CCC3=CC(=O)CCN32)C1. The zero-order chi connectivity index (χ0) is 11.1. The summed E-state index contributed by atoms with van der Waals surface area (Å²) in [5.41, 5.74) is 2.79. The fraction of sp³-hybridized carbons (Fsp3) is 0.643. The molecule has 0 aromatic rings. The van der Waals surface area contributed by atoms with Gasteiger partial charge in [-0.15, -0.1) is 0 Å². The highest BCUT2D eigenvalue weighted by Gasteiger charge is 2.33. The van der Waals surface area contributed by atoms with Gasteiger partial charge in [0.25, 0.3) is 0 Å². The minimum absolute atomic E-state index is 0.314. The molecule has 0 saturated carbocycles. The van der Waals surface area contributed by atoms with Crippen LogP contribution in [0.1, 0.15) is 39.0 Å². The van der Waals surface area contributed by atoms with Crippen molar-refractivity contribution < 1.29 is 4.79 Å². The largest absolute Gasteiger partial charge is 0.348 e. The molecule has 0 amide bonds. The summed E-state index contributed by atoms with van der Waals surface area (Å²) < 4.78 is 0. The van der Waals surface area contributed by atoms with E-state index in [2.05, 4.69) is 17.9 Å². The van der Waals surface area contributed by atoms with Crippen molar-refractivity contribution in [1.29, 1.82) is 0 Å². The van der Waals surface area contributed by atoms with Crippen LogP contribution in [0.4, 0.5) is 0 Å². The average molecular weight is 217 g/mol. The molecule has 0 aromatic heterocycles. The Morgan fingerprint density at radius 3 is 3.12 bits per heavy atom. The minimum atomic E-state index is 0.314. The van der Waals surface area contributed by atoms with Crippen molar-refractivity contribution >= 4 is 5.78 Å². The van der Waals surface area contributed by atoms with E-state index in [0.717, 1.165) is 24.8 Å². The summed E-state index contributed by atoms with van der Waals surface area (Å²) in [6.45, 7) is 3.26. The second-order valence-electron chi connectivity index (χ2n) is 5.44. The lowest BCUT2D eigenvalue weighted by Crippen LogP contribution is -2.38. The molecule has 0 radical (unpaired) electrons. The molecule has 1 fully saturated rings. The molecule has 2 nitrogen and oxygen atoms in total. The number of fused-ring (bicyclic) bond motifs is 3. The van der Waals surface area contributed by atoms with Crippen LogP contribution in [0.15, 0.2) is 23.5 Å². The molecule has 0 spiro atoms. The van der Waals surface area contributed by atoms with Gasteiger partial charge in [-0.05, 0) is 37.5 Å². The van der Waals surface area contributed by atoms with Crippen LogP contribution in [0.2, 0.25) is 0 Å². The maximum Gasteiger partial charge on any atom is 0.159 e. The normalized spacial score (nSPS) is 33.8. The molecule has 86 valence electrons. The van der Waals surface area contributed by atoms with Gasteiger partial charge in [0.15, 0.2) is 5.78 Å². The molecule has 0 N–H and O–H groups in total. The molecule has 2 aliphatic heterocycles. The van der Waals surface area contributed by atoms with Gasteiger partial charge >= 0.3 is 0 Å². The first-order valence-electron chi connectivity index (χ1n) is 6.45. The van der Waals surface area contributed by atoms with Crippen molar-refractivity contribution in [2.45, 2.75) is 39.0 Å². The number of hydrogen-bond donors (Lipinski definition) is 0. The van der Waals surface area contributed by atoms with Gasteiger partial charge < -0.3 is 4.90 Å². The number of carbonyl (C=O) groups excluding carboxylic acids is 1. The monoisotopic (exact) mass is 217 g/mol. The standard InChI is InChI=1S/C14H19NO/c1-10-2-5-14-11(8-10)3-4-12-9-13(16)6-7-15(12)14/h5,9-11H,2-4,6-8H2,1H3. The van der Waals surface area contributed by atoms with Crippen LogP contribution in [0.25, 0.3) is 0 Å². The van der Waals surface area contributed by atoms with E-state index in [4.69, 9.17) is 0 Å². The predicted molar refractivity (Wildman–Crippen MR) is 63.6 cm³/mol. The molecule has 0 aromatic carbocycles. The molecule has 2 atom stereocenters. The maximum absolute atomic E-state index is 11.4. The number of ketones is 1. The molecule has 0 bridgehead atoms. The smallest absolute Gasteiger partial charge is 0.159 e. The van der Waals surface area contributed by atoms with Crippen LogP contribution in [0, 0.1) is 11.8 Å². The number of rotatable bonds is 0. The Balaban J connectivity index is 1.91. The molecular formula is C14H19NO. The Labute approximate surface area is 97.0 Å². The van der Waals surface area contributed by atoms with Crippen LogP contribution < -0.4 is 0 Å². The van der Waals surface area contributed by atoms with Gasteiger partial charge in [0.2, 0.25) is 0 Å². The number of nitrogens with zero attached hydrogens (tertiary/aromatic N) is 1. The van der Waals surface area contributed by atoms with E-state index in [-0.39, 0.29) is 0 Å². The summed E-state index contributed by atoms with van der Waals surface area (Å²) in [6.07, 6.45) is 9.88. The second-order valence-corrected chi connectivity index (χ2v) is 5.44. The Morgan fingerprint density at radius 1 is 1.38 bits per heavy atom. The summed E-state index contributed by atoms with van der Waals surface area (Å²) in [5, 5.41) is 0. The van der Waals surface area contributed by atoms with Gasteiger partial charge in [-0.2, -0.15) is 0 Å². The topological polar surface area (TPSA) is 20.3 Å². The van der Waals surface area contributed by atoms with E-state index >= 15 is 0 Å². The molecular weight excluding hydrogens is 198 g/mol. The zero-order valence-electron chi connectivity index (χ0n) is 9.91. The first-order valence-corrected chi connectivity index (χ1v) is 6.45. The predicted octanol–water partition coefficient (Wildman–Crippen LogP) is 2.87. The van der Waals surface area contributed by atoms with Gasteiger partial charge in [-0.1, -0.05) is 13.0 Å². The number of piperidine rings is 1. The van der Waals surface area contributed by atoms with E-state index in [0.29, 0.717) is 12.2 Å². The average Bonchev–Trinajstić information content (AvgIpc) is 2.28. The molecule has 2 heteroatoms. The molecule has 1 saturated heterocycles. The Hall–Kier alpha value is -1.05. The Morgan fingerprint density at radius 2 is 2.25 bits per heavy atom. The third-order valence-electron chi connectivity index (χ3n) is 4.15. The van der Waals surface area contributed by atoms with Crippen LogP contribution >= 0.6 is 0 Å². The highest BCUT2D eigenvalue weighted by molar-refractivity contribution is 5.91. The van der Waals surface area contributed by atoms with Crippen molar-refractivity contribution in [2.75, 3.05) is 6.54 Å². The van der Waals surface area contributed by atoms with Crippen LogP contribution in [-0.2, 0) is 4.79 Å². The number of hydrogen-bond acceptors (Lipinski definition) is 2. The lowest BCUT2D eigenvalue weighted by Gasteiger charge is -2.43. The van der Waals surface area contributed by atoms with E-state index in [9.17, 15) is 4.79 Å². The lowest BCUT2D eigenvalue weighted by atomic mass is 9.78. The summed E-state index contributed by atoms with van der Waals surface area (Å²) in [6, 6.07) is 0. The maximum atomic E-state index is 11.4. The van der Waals surface area contributed by atoms with Gasteiger partial charge in [-0.3, -0.25) is 4.79 Å². The molecule has 3 aliphatic rings. The highest BCUT2D eigenvalue weighted by Crippen LogP contribution is 2.41. The third-order valence-corrected chi connectivity index (χ3v) is 4.15. The third kappa shape index (κ3) is 1.60. The Bertz CT molecular complexity index is 380. The molecule has 2 unspecified atom stereocenters. The van der Waals surface area contributed by atoms with E-state index in [1.165, 1.54) is 30.7 Å². The molecule has 16 heavy (non-hydrogen) atoms. The zero-order valence-corrected chi connectivity index (χ0v) is 9.91. The van der Waals surface area contributed by atoms with Crippen molar-refractivity contribution in [1.82, 2.24) is 4.90 Å². The summed E-state index contributed by atoms with van der Waals surface area (Å²) in [5.74, 6) is 1.91. The molecule has 2 heterocycles. The number of allylic oxidation sites excluding steroid dienone is 4. The van der Waals surface area contributed by atoms with Gasteiger partial charge in [0.05, 0.1) is 0 Å². The Kier molecular flexibility index (Phi) is 2.38. The van der Waals surface area contributed by atoms with Crippen LogP contribution in [0.5, 0.6) is 0 Å².